The highest BCUT2D eigenvalue weighted by Gasteiger charge is 2.82. The zero-order valence-electron chi connectivity index (χ0n) is 11.1. The van der Waals surface area contributed by atoms with E-state index >= 15 is 0 Å². The summed E-state index contributed by atoms with van der Waals surface area (Å²) in [5.74, 6) is 0.531. The summed E-state index contributed by atoms with van der Waals surface area (Å²) in [5.41, 5.74) is 1.24. The molecule has 3 heteroatoms. The monoisotopic (exact) mass is 246 g/mol. The number of fused-ring (bicyclic) bond motifs is 1. The van der Waals surface area contributed by atoms with Gasteiger partial charge in [0.2, 0.25) is 5.78 Å². The number of hydrogen-bond donors (Lipinski definition) is 0. The van der Waals surface area contributed by atoms with Crippen molar-refractivity contribution in [1.29, 1.82) is 0 Å². The molecule has 1 aromatic heterocycles. The van der Waals surface area contributed by atoms with Crippen LogP contribution in [0.2, 0.25) is 0 Å². The topological polar surface area (TPSA) is 42.7 Å². The molecule has 0 bridgehead atoms. The van der Waals surface area contributed by atoms with Gasteiger partial charge in [-0.15, -0.1) is 0 Å². The number of hydrogen-bond acceptors (Lipinski definition) is 3. The lowest BCUT2D eigenvalue weighted by Crippen LogP contribution is -2.32. The zero-order chi connectivity index (χ0) is 12.8. The third-order valence-electron chi connectivity index (χ3n) is 5.14. The predicted molar refractivity (Wildman–Crippen MR) is 65.5 cm³/mol. The fourth-order valence-corrected chi connectivity index (χ4v) is 4.48. The summed E-state index contributed by atoms with van der Waals surface area (Å²) in [6.45, 7) is 6.69. The number of Topliss-reactive ketones (excluding diaryl/α,β-unsaturated/α-hetero) is 1. The van der Waals surface area contributed by atoms with Crippen LogP contribution >= 0.6 is 0 Å². The van der Waals surface area contributed by atoms with Gasteiger partial charge in [-0.25, -0.2) is 0 Å². The maximum atomic E-state index is 12.8. The summed E-state index contributed by atoms with van der Waals surface area (Å²) in [7, 11) is 0. The lowest BCUT2D eigenvalue weighted by Gasteiger charge is -2.25. The molecule has 0 radical (unpaired) electrons. The number of furan rings is 1. The Bertz CT molecular complexity index is 556. The van der Waals surface area contributed by atoms with Crippen molar-refractivity contribution in [3.8, 4) is 0 Å². The Labute approximate surface area is 106 Å². The summed E-state index contributed by atoms with van der Waals surface area (Å²) in [6, 6.07) is 0. The van der Waals surface area contributed by atoms with Gasteiger partial charge in [-0.05, 0) is 30.6 Å². The lowest BCUT2D eigenvalue weighted by molar-refractivity contribution is 0.0742. The molecule has 2 heterocycles. The van der Waals surface area contributed by atoms with Crippen LogP contribution in [0.25, 0.3) is 0 Å². The van der Waals surface area contributed by atoms with Crippen LogP contribution < -0.4 is 0 Å². The maximum Gasteiger partial charge on any atom is 0.201 e. The summed E-state index contributed by atoms with van der Waals surface area (Å²) in [4.78, 5) is 12.8. The lowest BCUT2D eigenvalue weighted by atomic mass is 9.82. The molecule has 4 rings (SSSR count). The number of carbonyl (C=O) groups excluding carboxylic acids is 1. The van der Waals surface area contributed by atoms with Gasteiger partial charge in [0.25, 0.3) is 0 Å². The number of rotatable bonds is 0. The first kappa shape index (κ1) is 10.8. The van der Waals surface area contributed by atoms with Crippen LogP contribution in [0.3, 0.4) is 0 Å². The molecule has 0 aromatic carbocycles. The van der Waals surface area contributed by atoms with Crippen molar-refractivity contribution < 1.29 is 13.9 Å². The van der Waals surface area contributed by atoms with Crippen LogP contribution in [0.4, 0.5) is 0 Å². The van der Waals surface area contributed by atoms with Crippen LogP contribution in [0.5, 0.6) is 0 Å². The highest BCUT2D eigenvalue weighted by molar-refractivity contribution is 6.07. The summed E-state index contributed by atoms with van der Waals surface area (Å²) < 4.78 is 11.3. The van der Waals surface area contributed by atoms with E-state index in [2.05, 4.69) is 20.8 Å². The van der Waals surface area contributed by atoms with Crippen molar-refractivity contribution >= 4 is 5.78 Å². The van der Waals surface area contributed by atoms with Crippen LogP contribution in [-0.2, 0) is 11.2 Å². The number of carbonyl (C=O) groups is 1. The Morgan fingerprint density at radius 1 is 1.28 bits per heavy atom. The smallest absolute Gasteiger partial charge is 0.201 e. The van der Waals surface area contributed by atoms with E-state index in [-0.39, 0.29) is 16.8 Å². The van der Waals surface area contributed by atoms with Gasteiger partial charge in [-0.2, -0.15) is 0 Å². The molecule has 3 aliphatic rings. The van der Waals surface area contributed by atoms with E-state index in [9.17, 15) is 4.79 Å². The second-order valence-electron chi connectivity index (χ2n) is 7.08. The Morgan fingerprint density at radius 2 is 2.06 bits per heavy atom. The first-order valence-corrected chi connectivity index (χ1v) is 6.70. The van der Waals surface area contributed by atoms with Gasteiger partial charge in [0.05, 0.1) is 11.8 Å². The second-order valence-corrected chi connectivity index (χ2v) is 7.08. The summed E-state index contributed by atoms with van der Waals surface area (Å²) >= 11 is 0. The Morgan fingerprint density at radius 3 is 2.83 bits per heavy atom. The van der Waals surface area contributed by atoms with Gasteiger partial charge in [-0.1, -0.05) is 20.8 Å². The molecule has 18 heavy (non-hydrogen) atoms. The quantitative estimate of drug-likeness (QED) is 0.661. The molecule has 1 saturated carbocycles. The Hall–Kier alpha value is -1.09. The SMILES string of the molecule is CC1Cc2cocc2C(=O)C23CC(C)(C)CC12O3. The highest BCUT2D eigenvalue weighted by Crippen LogP contribution is 2.70. The Kier molecular flexibility index (Phi) is 1.65. The summed E-state index contributed by atoms with van der Waals surface area (Å²) in [6.07, 6.45) is 6.04. The molecule has 0 amide bonds. The molecular formula is C15H18O3. The fourth-order valence-electron chi connectivity index (χ4n) is 4.48. The van der Waals surface area contributed by atoms with Gasteiger partial charge in [0.15, 0.2) is 5.60 Å². The average molecular weight is 246 g/mol. The maximum absolute atomic E-state index is 12.8. The predicted octanol–water partition coefficient (Wildman–Crippen LogP) is 2.98. The minimum atomic E-state index is -0.551. The third kappa shape index (κ3) is 0.993. The normalized spacial score (nSPS) is 43.9. The number of epoxide rings is 1. The van der Waals surface area contributed by atoms with Crippen molar-refractivity contribution in [2.45, 2.75) is 51.2 Å². The number of ether oxygens (including phenoxy) is 1. The molecule has 1 aromatic rings. The fraction of sp³-hybridized carbons (Fsp3) is 0.667. The average Bonchev–Trinajstić information content (AvgIpc) is 2.65. The van der Waals surface area contributed by atoms with Crippen molar-refractivity contribution in [1.82, 2.24) is 0 Å². The van der Waals surface area contributed by atoms with Crippen LogP contribution in [-0.4, -0.2) is 17.0 Å². The summed E-state index contributed by atoms with van der Waals surface area (Å²) in [5, 5.41) is 0. The van der Waals surface area contributed by atoms with E-state index < -0.39 is 5.60 Å². The minimum Gasteiger partial charge on any atom is -0.472 e. The molecule has 0 N–H and O–H groups in total. The van der Waals surface area contributed by atoms with E-state index in [1.54, 1.807) is 12.5 Å². The standard InChI is InChI=1S/C15H18O3/c1-9-4-10-5-17-6-11(10)12(16)15-8-13(2,3)7-14(9,15)18-15/h5-6,9H,4,7-8H2,1-3H3. The van der Waals surface area contributed by atoms with Gasteiger partial charge >= 0.3 is 0 Å². The molecule has 2 fully saturated rings. The third-order valence-corrected chi connectivity index (χ3v) is 5.14. The van der Waals surface area contributed by atoms with Crippen LogP contribution in [0.15, 0.2) is 16.9 Å². The van der Waals surface area contributed by atoms with Crippen molar-refractivity contribution in [2.24, 2.45) is 11.3 Å². The van der Waals surface area contributed by atoms with E-state index in [1.807, 2.05) is 0 Å². The molecule has 3 atom stereocenters. The van der Waals surface area contributed by atoms with Gasteiger partial charge < -0.3 is 9.15 Å². The van der Waals surface area contributed by atoms with Gasteiger partial charge in [0, 0.05) is 5.56 Å². The van der Waals surface area contributed by atoms with Crippen LogP contribution in [0.1, 0.15) is 49.5 Å². The van der Waals surface area contributed by atoms with Crippen molar-refractivity contribution in [2.75, 3.05) is 0 Å². The molecular weight excluding hydrogens is 228 g/mol. The van der Waals surface area contributed by atoms with Gasteiger partial charge in [-0.3, -0.25) is 4.79 Å². The van der Waals surface area contributed by atoms with Crippen molar-refractivity contribution in [3.63, 3.8) is 0 Å². The van der Waals surface area contributed by atoms with E-state index in [0.29, 0.717) is 5.92 Å². The highest BCUT2D eigenvalue weighted by atomic mass is 16.6. The van der Waals surface area contributed by atoms with Gasteiger partial charge in [0.1, 0.15) is 11.9 Å². The molecule has 3 unspecified atom stereocenters. The zero-order valence-corrected chi connectivity index (χ0v) is 11.1. The molecule has 0 spiro atoms. The van der Waals surface area contributed by atoms with Crippen molar-refractivity contribution in [3.05, 3.63) is 23.7 Å². The second kappa shape index (κ2) is 2.74. The molecule has 1 aliphatic heterocycles. The minimum absolute atomic E-state index is 0.154. The first-order valence-electron chi connectivity index (χ1n) is 6.70. The Balaban J connectivity index is 1.89. The van der Waals surface area contributed by atoms with Crippen LogP contribution in [0, 0.1) is 11.3 Å². The largest absolute Gasteiger partial charge is 0.472 e. The molecule has 3 nitrogen and oxygen atoms in total. The number of ketones is 1. The van der Waals surface area contributed by atoms with E-state index in [4.69, 9.17) is 9.15 Å². The van der Waals surface area contributed by atoms with E-state index in [1.165, 1.54) is 0 Å². The first-order chi connectivity index (χ1) is 8.40. The van der Waals surface area contributed by atoms with E-state index in [0.717, 1.165) is 30.4 Å². The molecule has 2 aliphatic carbocycles. The molecule has 96 valence electrons. The molecule has 1 saturated heterocycles.